The van der Waals surface area contributed by atoms with E-state index in [-0.39, 0.29) is 22.9 Å². The summed E-state index contributed by atoms with van der Waals surface area (Å²) in [5.41, 5.74) is 2.07. The number of rotatable bonds is 6. The lowest BCUT2D eigenvalue weighted by Crippen LogP contribution is -2.43. The van der Waals surface area contributed by atoms with Crippen molar-refractivity contribution in [2.24, 2.45) is 0 Å². The maximum atomic E-state index is 13.2. The summed E-state index contributed by atoms with van der Waals surface area (Å²) >= 11 is 0. The SMILES string of the molecule is Cc1ccc(N(C)S(=O)(=O)c2cccc(C(=O)N(C(C)C)C3CCCC3)c2)cc1. The molecule has 0 atom stereocenters. The van der Waals surface area contributed by atoms with Gasteiger partial charge >= 0.3 is 0 Å². The van der Waals surface area contributed by atoms with Crippen LogP contribution in [0.1, 0.15) is 55.5 Å². The second-order valence-corrected chi connectivity index (χ2v) is 10.0. The van der Waals surface area contributed by atoms with Crippen LogP contribution in [0.4, 0.5) is 5.69 Å². The highest BCUT2D eigenvalue weighted by Crippen LogP contribution is 2.28. The van der Waals surface area contributed by atoms with E-state index >= 15 is 0 Å². The molecule has 0 radical (unpaired) electrons. The van der Waals surface area contributed by atoms with Crippen molar-refractivity contribution in [3.8, 4) is 0 Å². The highest BCUT2D eigenvalue weighted by atomic mass is 32.2. The number of sulfonamides is 1. The summed E-state index contributed by atoms with van der Waals surface area (Å²) in [5.74, 6) is -0.0954. The zero-order chi connectivity index (χ0) is 21.2. The lowest BCUT2D eigenvalue weighted by atomic mass is 10.1. The average Bonchev–Trinajstić information content (AvgIpc) is 3.22. The lowest BCUT2D eigenvalue weighted by Gasteiger charge is -2.33. The molecule has 0 N–H and O–H groups in total. The molecule has 1 amide bonds. The number of amides is 1. The number of hydrogen-bond acceptors (Lipinski definition) is 3. The fourth-order valence-corrected chi connectivity index (χ4v) is 5.24. The summed E-state index contributed by atoms with van der Waals surface area (Å²) in [6, 6.07) is 14.0. The first-order chi connectivity index (χ1) is 13.7. The summed E-state index contributed by atoms with van der Waals surface area (Å²) in [6.45, 7) is 5.99. The van der Waals surface area contributed by atoms with Crippen LogP contribution in [-0.4, -0.2) is 38.4 Å². The Morgan fingerprint density at radius 3 is 2.24 bits per heavy atom. The van der Waals surface area contributed by atoms with Crippen LogP contribution in [0, 0.1) is 6.92 Å². The largest absolute Gasteiger partial charge is 0.333 e. The lowest BCUT2D eigenvalue weighted by molar-refractivity contribution is 0.0613. The van der Waals surface area contributed by atoms with Crippen LogP contribution in [0.5, 0.6) is 0 Å². The van der Waals surface area contributed by atoms with Crippen molar-refractivity contribution in [2.75, 3.05) is 11.4 Å². The van der Waals surface area contributed by atoms with Crippen LogP contribution in [0.3, 0.4) is 0 Å². The first-order valence-corrected chi connectivity index (χ1v) is 11.6. The molecule has 156 valence electrons. The van der Waals surface area contributed by atoms with Gasteiger partial charge in [-0.05, 0) is 63.9 Å². The molecule has 0 aromatic heterocycles. The van der Waals surface area contributed by atoms with Crippen molar-refractivity contribution in [2.45, 2.75) is 63.4 Å². The normalized spacial score (nSPS) is 14.9. The van der Waals surface area contributed by atoms with E-state index in [0.29, 0.717) is 11.3 Å². The number of aryl methyl sites for hydroxylation is 1. The summed E-state index contributed by atoms with van der Waals surface area (Å²) < 4.78 is 27.6. The van der Waals surface area contributed by atoms with E-state index in [1.807, 2.05) is 37.8 Å². The molecular formula is C23H30N2O3S. The van der Waals surface area contributed by atoms with E-state index in [2.05, 4.69) is 0 Å². The predicted molar refractivity (Wildman–Crippen MR) is 117 cm³/mol. The van der Waals surface area contributed by atoms with Gasteiger partial charge in [-0.3, -0.25) is 9.10 Å². The second-order valence-electron chi connectivity index (χ2n) is 8.08. The molecule has 5 nitrogen and oxygen atoms in total. The summed E-state index contributed by atoms with van der Waals surface area (Å²) in [4.78, 5) is 15.3. The van der Waals surface area contributed by atoms with Crippen LogP contribution in [-0.2, 0) is 10.0 Å². The zero-order valence-corrected chi connectivity index (χ0v) is 18.4. The molecule has 2 aromatic carbocycles. The van der Waals surface area contributed by atoms with Gasteiger partial charge in [0, 0.05) is 24.7 Å². The number of benzene rings is 2. The fourth-order valence-electron chi connectivity index (χ4n) is 3.99. The molecule has 3 rings (SSSR count). The molecule has 0 bridgehead atoms. The van der Waals surface area contributed by atoms with E-state index in [0.717, 1.165) is 31.2 Å². The van der Waals surface area contributed by atoms with Crippen LogP contribution in [0.2, 0.25) is 0 Å². The van der Waals surface area contributed by atoms with E-state index in [1.165, 1.54) is 17.4 Å². The van der Waals surface area contributed by atoms with Gasteiger partial charge in [0.15, 0.2) is 0 Å². The number of hydrogen-bond donors (Lipinski definition) is 0. The zero-order valence-electron chi connectivity index (χ0n) is 17.6. The molecule has 29 heavy (non-hydrogen) atoms. The second kappa shape index (κ2) is 8.57. The Morgan fingerprint density at radius 1 is 1.03 bits per heavy atom. The van der Waals surface area contributed by atoms with E-state index in [4.69, 9.17) is 0 Å². The van der Waals surface area contributed by atoms with Crippen molar-refractivity contribution in [1.82, 2.24) is 4.90 Å². The Balaban J connectivity index is 1.91. The maximum Gasteiger partial charge on any atom is 0.264 e. The molecule has 1 fully saturated rings. The van der Waals surface area contributed by atoms with Crippen molar-refractivity contribution in [3.05, 3.63) is 59.7 Å². The molecule has 0 saturated heterocycles. The van der Waals surface area contributed by atoms with Crippen LogP contribution >= 0.6 is 0 Å². The van der Waals surface area contributed by atoms with Gasteiger partial charge in [-0.1, -0.05) is 36.6 Å². The van der Waals surface area contributed by atoms with Crippen LogP contribution in [0.25, 0.3) is 0 Å². The molecule has 0 heterocycles. The molecule has 6 heteroatoms. The smallest absolute Gasteiger partial charge is 0.264 e. The number of nitrogens with zero attached hydrogens (tertiary/aromatic N) is 2. The minimum Gasteiger partial charge on any atom is -0.333 e. The first kappa shape index (κ1) is 21.4. The van der Waals surface area contributed by atoms with Crippen LogP contribution < -0.4 is 4.31 Å². The van der Waals surface area contributed by atoms with Crippen molar-refractivity contribution < 1.29 is 13.2 Å². The van der Waals surface area contributed by atoms with Gasteiger partial charge in [0.2, 0.25) is 0 Å². The van der Waals surface area contributed by atoms with Gasteiger partial charge < -0.3 is 4.90 Å². The van der Waals surface area contributed by atoms with Gasteiger partial charge in [0.05, 0.1) is 10.6 Å². The Labute approximate surface area is 174 Å². The van der Waals surface area contributed by atoms with Gasteiger partial charge in [0.1, 0.15) is 0 Å². The van der Waals surface area contributed by atoms with Crippen molar-refractivity contribution in [1.29, 1.82) is 0 Å². The van der Waals surface area contributed by atoms with Gasteiger partial charge in [-0.2, -0.15) is 0 Å². The summed E-state index contributed by atoms with van der Waals surface area (Å²) in [7, 11) is -2.23. The minimum absolute atomic E-state index is 0.0705. The quantitative estimate of drug-likeness (QED) is 0.693. The minimum atomic E-state index is -3.76. The van der Waals surface area contributed by atoms with E-state index in [9.17, 15) is 13.2 Å². The predicted octanol–water partition coefficient (Wildman–Crippen LogP) is 4.61. The number of carbonyl (C=O) groups is 1. The van der Waals surface area contributed by atoms with Crippen LogP contribution in [0.15, 0.2) is 53.4 Å². The maximum absolute atomic E-state index is 13.2. The molecule has 2 aromatic rings. The Kier molecular flexibility index (Phi) is 6.32. The highest BCUT2D eigenvalue weighted by Gasteiger charge is 2.30. The Hall–Kier alpha value is -2.34. The van der Waals surface area contributed by atoms with Gasteiger partial charge in [-0.25, -0.2) is 8.42 Å². The first-order valence-electron chi connectivity index (χ1n) is 10.2. The topological polar surface area (TPSA) is 57.7 Å². The molecule has 1 saturated carbocycles. The Bertz CT molecular complexity index is 962. The number of anilines is 1. The molecule has 0 aliphatic heterocycles. The van der Waals surface area contributed by atoms with Gasteiger partial charge in [0.25, 0.3) is 15.9 Å². The molecular weight excluding hydrogens is 384 g/mol. The van der Waals surface area contributed by atoms with Crippen molar-refractivity contribution >= 4 is 21.6 Å². The standard InChI is InChI=1S/C23H30N2O3S/c1-17(2)25(21-9-5-6-10-21)23(26)19-8-7-11-22(16-19)29(27,28)24(4)20-14-12-18(3)13-15-20/h7-8,11-17,21H,5-6,9-10H2,1-4H3. The van der Waals surface area contributed by atoms with E-state index in [1.54, 1.807) is 30.3 Å². The summed E-state index contributed by atoms with van der Waals surface area (Å²) in [6.07, 6.45) is 4.30. The van der Waals surface area contributed by atoms with E-state index < -0.39 is 10.0 Å². The number of carbonyl (C=O) groups excluding carboxylic acids is 1. The van der Waals surface area contributed by atoms with Gasteiger partial charge in [-0.15, -0.1) is 0 Å². The average molecular weight is 415 g/mol. The molecule has 0 unspecified atom stereocenters. The fraction of sp³-hybridized carbons (Fsp3) is 0.435. The highest BCUT2D eigenvalue weighted by molar-refractivity contribution is 7.92. The monoisotopic (exact) mass is 414 g/mol. The summed E-state index contributed by atoms with van der Waals surface area (Å²) in [5, 5.41) is 0. The molecule has 0 spiro atoms. The molecule has 1 aliphatic rings. The Morgan fingerprint density at radius 2 is 1.66 bits per heavy atom. The third kappa shape index (κ3) is 4.47. The third-order valence-corrected chi connectivity index (χ3v) is 7.43. The van der Waals surface area contributed by atoms with Crippen molar-refractivity contribution in [3.63, 3.8) is 0 Å². The molecule has 1 aliphatic carbocycles. The third-order valence-electron chi connectivity index (χ3n) is 5.65.